The topological polar surface area (TPSA) is 12.4 Å². The molecule has 0 radical (unpaired) electrons. The molecule has 2 rings (SSSR count). The van der Waals surface area contributed by atoms with Crippen molar-refractivity contribution >= 4 is 28.9 Å². The van der Waals surface area contributed by atoms with Crippen LogP contribution in [-0.4, -0.2) is 5.71 Å². The van der Waals surface area contributed by atoms with Crippen molar-refractivity contribution in [3.63, 3.8) is 0 Å². The van der Waals surface area contributed by atoms with E-state index in [0.29, 0.717) is 16.0 Å². The van der Waals surface area contributed by atoms with E-state index in [1.807, 2.05) is 37.3 Å². The Morgan fingerprint density at radius 1 is 0.905 bits per heavy atom. The Bertz CT molecular complexity index is 633. The Balaban J connectivity index is 2.41. The third-order valence-electron chi connectivity index (χ3n) is 3.38. The molecule has 1 atom stereocenters. The molecular formula is C18H19Cl2N. The van der Waals surface area contributed by atoms with Crippen LogP contribution < -0.4 is 0 Å². The Labute approximate surface area is 136 Å². The van der Waals surface area contributed by atoms with Crippen LogP contribution in [0.25, 0.3) is 0 Å². The molecule has 0 aliphatic rings. The second kappa shape index (κ2) is 7.11. The molecule has 0 saturated heterocycles. The molecule has 3 heteroatoms. The number of aliphatic imine (C=N–C) groups is 1. The minimum absolute atomic E-state index is 0.0335. The van der Waals surface area contributed by atoms with Gasteiger partial charge >= 0.3 is 0 Å². The van der Waals surface area contributed by atoms with Crippen LogP contribution in [0, 0.1) is 5.92 Å². The fraction of sp³-hybridized carbons (Fsp3) is 0.278. The molecule has 0 aliphatic heterocycles. The van der Waals surface area contributed by atoms with Gasteiger partial charge in [0.05, 0.1) is 16.1 Å². The molecule has 21 heavy (non-hydrogen) atoms. The van der Waals surface area contributed by atoms with E-state index in [0.717, 1.165) is 16.8 Å². The summed E-state index contributed by atoms with van der Waals surface area (Å²) in [5.41, 5.74) is 3.19. The van der Waals surface area contributed by atoms with E-state index in [-0.39, 0.29) is 6.04 Å². The van der Waals surface area contributed by atoms with E-state index < -0.39 is 0 Å². The van der Waals surface area contributed by atoms with Crippen molar-refractivity contribution in [1.82, 2.24) is 0 Å². The molecule has 1 nitrogen and oxygen atoms in total. The average Bonchev–Trinajstić information content (AvgIpc) is 2.48. The highest BCUT2D eigenvalue weighted by atomic mass is 35.5. The number of nitrogens with zero attached hydrogens (tertiary/aromatic N) is 1. The maximum Gasteiger partial charge on any atom is 0.0739 e. The summed E-state index contributed by atoms with van der Waals surface area (Å²) >= 11 is 12.4. The monoisotopic (exact) mass is 319 g/mol. The van der Waals surface area contributed by atoms with Crippen LogP contribution in [0.15, 0.2) is 53.5 Å². The van der Waals surface area contributed by atoms with E-state index >= 15 is 0 Å². The van der Waals surface area contributed by atoms with Gasteiger partial charge in [-0.05, 0) is 30.0 Å². The SMILES string of the molecule is CC(C)C(=NC(C)c1cccc(Cl)c1Cl)c1ccccc1. The van der Waals surface area contributed by atoms with Gasteiger partial charge in [0.2, 0.25) is 0 Å². The summed E-state index contributed by atoms with van der Waals surface area (Å²) in [6.07, 6.45) is 0. The maximum atomic E-state index is 6.30. The van der Waals surface area contributed by atoms with Crippen LogP contribution in [0.1, 0.15) is 37.9 Å². The second-order valence-electron chi connectivity index (χ2n) is 5.35. The highest BCUT2D eigenvalue weighted by Crippen LogP contribution is 2.32. The number of halogens is 2. The fourth-order valence-corrected chi connectivity index (χ4v) is 2.75. The first kappa shape index (κ1) is 16.1. The first-order valence-corrected chi connectivity index (χ1v) is 7.83. The Morgan fingerprint density at radius 2 is 1.57 bits per heavy atom. The lowest BCUT2D eigenvalue weighted by Gasteiger charge is -2.16. The van der Waals surface area contributed by atoms with Gasteiger partial charge in [0.25, 0.3) is 0 Å². The Hall–Kier alpha value is -1.31. The normalized spacial score (nSPS) is 13.5. The number of hydrogen-bond donors (Lipinski definition) is 0. The number of hydrogen-bond acceptors (Lipinski definition) is 1. The van der Waals surface area contributed by atoms with Gasteiger partial charge in [-0.3, -0.25) is 4.99 Å². The van der Waals surface area contributed by atoms with E-state index in [1.54, 1.807) is 6.07 Å². The third kappa shape index (κ3) is 3.87. The zero-order valence-electron chi connectivity index (χ0n) is 12.5. The van der Waals surface area contributed by atoms with Crippen LogP contribution in [0.5, 0.6) is 0 Å². The molecule has 2 aromatic carbocycles. The zero-order chi connectivity index (χ0) is 15.4. The van der Waals surface area contributed by atoms with Gasteiger partial charge in [0.1, 0.15) is 0 Å². The molecule has 0 spiro atoms. The van der Waals surface area contributed by atoms with Gasteiger partial charge in [-0.2, -0.15) is 0 Å². The lowest BCUT2D eigenvalue weighted by Crippen LogP contribution is -2.11. The van der Waals surface area contributed by atoms with E-state index in [4.69, 9.17) is 28.2 Å². The summed E-state index contributed by atoms with van der Waals surface area (Å²) < 4.78 is 0. The second-order valence-corrected chi connectivity index (χ2v) is 6.14. The van der Waals surface area contributed by atoms with Crippen LogP contribution in [0.4, 0.5) is 0 Å². The maximum absolute atomic E-state index is 6.30. The highest BCUT2D eigenvalue weighted by Gasteiger charge is 2.14. The zero-order valence-corrected chi connectivity index (χ0v) is 14.0. The summed E-state index contributed by atoms with van der Waals surface area (Å²) in [5.74, 6) is 0.341. The lowest BCUT2D eigenvalue weighted by molar-refractivity contribution is 0.787. The van der Waals surface area contributed by atoms with Gasteiger partial charge in [-0.1, -0.05) is 79.5 Å². The molecule has 0 N–H and O–H groups in total. The molecule has 1 unspecified atom stereocenters. The van der Waals surface area contributed by atoms with E-state index in [2.05, 4.69) is 26.0 Å². The van der Waals surface area contributed by atoms with Gasteiger partial charge in [0.15, 0.2) is 0 Å². The van der Waals surface area contributed by atoms with Crippen LogP contribution >= 0.6 is 23.2 Å². The van der Waals surface area contributed by atoms with Crippen molar-refractivity contribution in [3.05, 3.63) is 69.7 Å². The first-order chi connectivity index (χ1) is 10.0. The van der Waals surface area contributed by atoms with Crippen LogP contribution in [0.3, 0.4) is 0 Å². The summed E-state index contributed by atoms with van der Waals surface area (Å²) in [6.45, 7) is 6.35. The van der Waals surface area contributed by atoms with Gasteiger partial charge in [-0.15, -0.1) is 0 Å². The average molecular weight is 320 g/mol. The molecule has 2 aromatic rings. The van der Waals surface area contributed by atoms with E-state index in [1.165, 1.54) is 0 Å². The molecule has 0 heterocycles. The van der Waals surface area contributed by atoms with E-state index in [9.17, 15) is 0 Å². The van der Waals surface area contributed by atoms with Crippen molar-refractivity contribution in [2.75, 3.05) is 0 Å². The van der Waals surface area contributed by atoms with Crippen LogP contribution in [0.2, 0.25) is 10.0 Å². The molecule has 0 fully saturated rings. The summed E-state index contributed by atoms with van der Waals surface area (Å²) in [5, 5.41) is 1.16. The van der Waals surface area contributed by atoms with Crippen LogP contribution in [-0.2, 0) is 0 Å². The summed E-state index contributed by atoms with van der Waals surface area (Å²) in [4.78, 5) is 4.89. The largest absolute Gasteiger partial charge is 0.281 e. The van der Waals surface area contributed by atoms with Gasteiger partial charge in [-0.25, -0.2) is 0 Å². The molecule has 110 valence electrons. The Kier molecular flexibility index (Phi) is 5.44. The number of rotatable bonds is 4. The predicted molar refractivity (Wildman–Crippen MR) is 92.7 cm³/mol. The quantitative estimate of drug-likeness (QED) is 0.595. The van der Waals surface area contributed by atoms with Crippen molar-refractivity contribution in [2.24, 2.45) is 10.9 Å². The minimum Gasteiger partial charge on any atom is -0.281 e. The first-order valence-electron chi connectivity index (χ1n) is 7.07. The predicted octanol–water partition coefficient (Wildman–Crippen LogP) is 6.20. The smallest absolute Gasteiger partial charge is 0.0739 e. The van der Waals surface area contributed by atoms with Crippen molar-refractivity contribution in [2.45, 2.75) is 26.8 Å². The van der Waals surface area contributed by atoms with Gasteiger partial charge in [0, 0.05) is 5.71 Å². The highest BCUT2D eigenvalue weighted by molar-refractivity contribution is 6.42. The van der Waals surface area contributed by atoms with Gasteiger partial charge < -0.3 is 0 Å². The fourth-order valence-electron chi connectivity index (χ4n) is 2.29. The minimum atomic E-state index is -0.0335. The molecule has 0 saturated carbocycles. The molecule has 0 aromatic heterocycles. The molecule has 0 aliphatic carbocycles. The Morgan fingerprint density at radius 3 is 2.19 bits per heavy atom. The van der Waals surface area contributed by atoms with Crippen molar-refractivity contribution < 1.29 is 0 Å². The molecular weight excluding hydrogens is 301 g/mol. The summed E-state index contributed by atoms with van der Waals surface area (Å²) in [7, 11) is 0. The van der Waals surface area contributed by atoms with Crippen molar-refractivity contribution in [1.29, 1.82) is 0 Å². The summed E-state index contributed by atoms with van der Waals surface area (Å²) in [6, 6.07) is 15.9. The lowest BCUT2D eigenvalue weighted by atomic mass is 9.99. The number of benzene rings is 2. The van der Waals surface area contributed by atoms with Crippen molar-refractivity contribution in [3.8, 4) is 0 Å². The molecule has 0 bridgehead atoms. The standard InChI is InChI=1S/C18H19Cl2N/c1-12(2)18(14-8-5-4-6-9-14)21-13(3)15-10-7-11-16(19)17(15)20/h4-13H,1-3H3. The molecule has 0 amide bonds. The third-order valence-corrected chi connectivity index (χ3v) is 4.21.